The second-order valence-electron chi connectivity index (χ2n) is 8.02. The molecule has 6 nitrogen and oxygen atoms in total. The molecule has 1 fully saturated rings. The molecule has 2 aromatic carbocycles. The van der Waals surface area contributed by atoms with Crippen molar-refractivity contribution < 1.29 is 13.2 Å². The molecule has 1 atom stereocenters. The number of anilines is 1. The molecule has 3 rings (SSSR count). The Hall–Kier alpha value is -2.38. The van der Waals surface area contributed by atoms with Crippen molar-refractivity contribution in [3.8, 4) is 0 Å². The van der Waals surface area contributed by atoms with Crippen molar-refractivity contribution in [2.75, 3.05) is 45.2 Å². The maximum Gasteiger partial charge on any atom is 0.254 e. The number of carbonyl (C=O) groups excluding carboxylic acids is 1. The molecule has 0 bridgehead atoms. The largest absolute Gasteiger partial charge is 0.378 e. The van der Waals surface area contributed by atoms with Gasteiger partial charge in [-0.25, -0.2) is 8.42 Å². The standard InChI is InChI=1S/C23H31N3O3S/c1-5-18(2)19-9-11-22(12-10-19)30(28,29)26-15-13-25(14-16-26)23(27)20-7-6-8-21(17-20)24(3)4/h6-12,17-18H,5,13-16H2,1-4H3/t18-/m0/s1. The molecule has 1 aliphatic rings. The zero-order valence-electron chi connectivity index (χ0n) is 18.2. The number of rotatable bonds is 6. The third kappa shape index (κ3) is 4.68. The highest BCUT2D eigenvalue weighted by molar-refractivity contribution is 7.89. The molecular formula is C23H31N3O3S. The molecule has 1 aliphatic heterocycles. The molecule has 0 N–H and O–H groups in total. The number of amides is 1. The molecule has 2 aromatic rings. The summed E-state index contributed by atoms with van der Waals surface area (Å²) in [5, 5.41) is 0. The van der Waals surface area contributed by atoms with Crippen molar-refractivity contribution in [3.63, 3.8) is 0 Å². The molecular weight excluding hydrogens is 398 g/mol. The summed E-state index contributed by atoms with van der Waals surface area (Å²) in [5.74, 6) is 0.343. The topological polar surface area (TPSA) is 60.9 Å². The first-order chi connectivity index (χ1) is 14.2. The van der Waals surface area contributed by atoms with Gasteiger partial charge >= 0.3 is 0 Å². The summed E-state index contributed by atoms with van der Waals surface area (Å²) >= 11 is 0. The van der Waals surface area contributed by atoms with E-state index in [2.05, 4.69) is 13.8 Å². The average molecular weight is 430 g/mol. The Kier molecular flexibility index (Phi) is 6.83. The summed E-state index contributed by atoms with van der Waals surface area (Å²) in [7, 11) is 0.312. The predicted octanol–water partition coefficient (Wildman–Crippen LogP) is 3.41. The van der Waals surface area contributed by atoms with Crippen LogP contribution in [-0.4, -0.2) is 63.8 Å². The zero-order chi connectivity index (χ0) is 21.9. The highest BCUT2D eigenvalue weighted by Gasteiger charge is 2.30. The van der Waals surface area contributed by atoms with Crippen LogP contribution in [0, 0.1) is 0 Å². The number of sulfonamides is 1. The van der Waals surface area contributed by atoms with E-state index in [0.29, 0.717) is 42.6 Å². The minimum atomic E-state index is -3.55. The number of piperazine rings is 1. The van der Waals surface area contributed by atoms with Crippen LogP contribution in [0.2, 0.25) is 0 Å². The van der Waals surface area contributed by atoms with Gasteiger partial charge in [0.15, 0.2) is 0 Å². The first kappa shape index (κ1) is 22.3. The van der Waals surface area contributed by atoms with E-state index in [-0.39, 0.29) is 5.91 Å². The van der Waals surface area contributed by atoms with Crippen molar-refractivity contribution in [1.82, 2.24) is 9.21 Å². The molecule has 0 radical (unpaired) electrons. The van der Waals surface area contributed by atoms with Crippen LogP contribution >= 0.6 is 0 Å². The normalized spacial score (nSPS) is 16.3. The maximum atomic E-state index is 13.0. The zero-order valence-corrected chi connectivity index (χ0v) is 19.0. The van der Waals surface area contributed by atoms with Crippen LogP contribution in [0.3, 0.4) is 0 Å². The third-order valence-electron chi connectivity index (χ3n) is 5.83. The Labute approximate surface area is 180 Å². The molecule has 0 unspecified atom stereocenters. The van der Waals surface area contributed by atoms with Gasteiger partial charge in [0, 0.05) is 51.5 Å². The van der Waals surface area contributed by atoms with E-state index in [1.165, 1.54) is 4.31 Å². The molecule has 0 aromatic heterocycles. The van der Waals surface area contributed by atoms with Crippen LogP contribution in [0.5, 0.6) is 0 Å². The van der Waals surface area contributed by atoms with Crippen LogP contribution in [0.15, 0.2) is 53.4 Å². The highest BCUT2D eigenvalue weighted by Crippen LogP contribution is 2.23. The lowest BCUT2D eigenvalue weighted by Gasteiger charge is -2.34. The van der Waals surface area contributed by atoms with E-state index in [1.807, 2.05) is 49.3 Å². The maximum absolute atomic E-state index is 13.0. The Bertz CT molecular complexity index is 979. The second-order valence-corrected chi connectivity index (χ2v) is 9.96. The number of benzene rings is 2. The van der Waals surface area contributed by atoms with Gasteiger partial charge in [-0.1, -0.05) is 32.0 Å². The quantitative estimate of drug-likeness (QED) is 0.706. The molecule has 162 valence electrons. The molecule has 7 heteroatoms. The summed E-state index contributed by atoms with van der Waals surface area (Å²) < 4.78 is 27.5. The fourth-order valence-corrected chi connectivity index (χ4v) is 5.01. The number of hydrogen-bond acceptors (Lipinski definition) is 4. The minimum absolute atomic E-state index is 0.0614. The minimum Gasteiger partial charge on any atom is -0.378 e. The van der Waals surface area contributed by atoms with E-state index < -0.39 is 10.0 Å². The fraction of sp³-hybridized carbons (Fsp3) is 0.435. The van der Waals surface area contributed by atoms with Gasteiger partial charge in [-0.05, 0) is 48.2 Å². The van der Waals surface area contributed by atoms with Crippen molar-refractivity contribution >= 4 is 21.6 Å². The Morgan fingerprint density at radius 3 is 2.23 bits per heavy atom. The van der Waals surface area contributed by atoms with Gasteiger partial charge in [-0.2, -0.15) is 4.31 Å². The molecule has 1 saturated heterocycles. The summed E-state index contributed by atoms with van der Waals surface area (Å²) in [6.07, 6.45) is 1.01. The van der Waals surface area contributed by atoms with Gasteiger partial charge in [0.2, 0.25) is 10.0 Å². The number of nitrogens with zero attached hydrogens (tertiary/aromatic N) is 3. The van der Waals surface area contributed by atoms with Crippen molar-refractivity contribution in [1.29, 1.82) is 0 Å². The second kappa shape index (κ2) is 9.18. The summed E-state index contributed by atoms with van der Waals surface area (Å²) in [4.78, 5) is 16.9. The lowest BCUT2D eigenvalue weighted by molar-refractivity contribution is 0.0698. The Morgan fingerprint density at radius 2 is 1.67 bits per heavy atom. The summed E-state index contributed by atoms with van der Waals surface area (Å²) in [5.41, 5.74) is 2.73. The summed E-state index contributed by atoms with van der Waals surface area (Å²) in [6.45, 7) is 5.62. The molecule has 0 saturated carbocycles. The predicted molar refractivity (Wildman–Crippen MR) is 121 cm³/mol. The smallest absolute Gasteiger partial charge is 0.254 e. The van der Waals surface area contributed by atoms with Gasteiger partial charge in [0.25, 0.3) is 5.91 Å². The Morgan fingerprint density at radius 1 is 1.03 bits per heavy atom. The molecule has 0 spiro atoms. The fourth-order valence-electron chi connectivity index (χ4n) is 3.58. The molecule has 1 heterocycles. The van der Waals surface area contributed by atoms with E-state index in [1.54, 1.807) is 23.1 Å². The average Bonchev–Trinajstić information content (AvgIpc) is 2.78. The van der Waals surface area contributed by atoms with Gasteiger partial charge in [0.05, 0.1) is 4.90 Å². The monoisotopic (exact) mass is 429 g/mol. The molecule has 0 aliphatic carbocycles. The molecule has 1 amide bonds. The SMILES string of the molecule is CC[C@H](C)c1ccc(S(=O)(=O)N2CCN(C(=O)c3cccc(N(C)C)c3)CC2)cc1. The summed E-state index contributed by atoms with van der Waals surface area (Å²) in [6, 6.07) is 14.7. The number of carbonyl (C=O) groups is 1. The molecule has 30 heavy (non-hydrogen) atoms. The number of hydrogen-bond donors (Lipinski definition) is 0. The van der Waals surface area contributed by atoms with Crippen LogP contribution in [-0.2, 0) is 10.0 Å². The van der Waals surface area contributed by atoms with Crippen LogP contribution < -0.4 is 4.90 Å². The van der Waals surface area contributed by atoms with E-state index in [9.17, 15) is 13.2 Å². The van der Waals surface area contributed by atoms with Gasteiger partial charge in [0.1, 0.15) is 0 Å². The van der Waals surface area contributed by atoms with E-state index in [4.69, 9.17) is 0 Å². The Balaban J connectivity index is 1.67. The first-order valence-electron chi connectivity index (χ1n) is 10.4. The van der Waals surface area contributed by atoms with Crippen molar-refractivity contribution in [2.45, 2.75) is 31.1 Å². The van der Waals surface area contributed by atoms with E-state index >= 15 is 0 Å². The van der Waals surface area contributed by atoms with Crippen LogP contribution in [0.25, 0.3) is 0 Å². The lowest BCUT2D eigenvalue weighted by atomic mass is 9.99. The van der Waals surface area contributed by atoms with Crippen molar-refractivity contribution in [2.24, 2.45) is 0 Å². The van der Waals surface area contributed by atoms with Gasteiger partial charge < -0.3 is 9.80 Å². The van der Waals surface area contributed by atoms with Gasteiger partial charge in [-0.15, -0.1) is 0 Å². The van der Waals surface area contributed by atoms with Crippen molar-refractivity contribution in [3.05, 3.63) is 59.7 Å². The van der Waals surface area contributed by atoms with E-state index in [0.717, 1.165) is 17.7 Å². The highest BCUT2D eigenvalue weighted by atomic mass is 32.2. The third-order valence-corrected chi connectivity index (χ3v) is 7.75. The lowest BCUT2D eigenvalue weighted by Crippen LogP contribution is -2.50. The van der Waals surface area contributed by atoms with Gasteiger partial charge in [-0.3, -0.25) is 4.79 Å². The van der Waals surface area contributed by atoms with Crippen LogP contribution in [0.4, 0.5) is 5.69 Å². The van der Waals surface area contributed by atoms with Crippen LogP contribution in [0.1, 0.15) is 42.1 Å². The first-order valence-corrected chi connectivity index (χ1v) is 11.8.